The number of aromatic nitrogens is 2. The van der Waals surface area contributed by atoms with E-state index in [9.17, 15) is 0 Å². The summed E-state index contributed by atoms with van der Waals surface area (Å²) >= 11 is 5.98. The van der Waals surface area contributed by atoms with E-state index in [0.717, 1.165) is 16.8 Å². The van der Waals surface area contributed by atoms with Gasteiger partial charge in [-0.15, -0.1) is 0 Å². The van der Waals surface area contributed by atoms with E-state index in [1.807, 2.05) is 32.0 Å². The van der Waals surface area contributed by atoms with Crippen molar-refractivity contribution in [2.45, 2.75) is 13.8 Å². The lowest BCUT2D eigenvalue weighted by atomic mass is 10.2. The van der Waals surface area contributed by atoms with Gasteiger partial charge in [0.05, 0.1) is 0 Å². The van der Waals surface area contributed by atoms with Gasteiger partial charge in [-0.05, 0) is 31.5 Å². The molecule has 0 aliphatic rings. The third kappa shape index (κ3) is 2.52. The number of halogens is 1. The van der Waals surface area contributed by atoms with Crippen LogP contribution in [0.3, 0.4) is 0 Å². The number of nitrogens with two attached hydrogens (primary N) is 1. The molecule has 0 saturated heterocycles. The molecule has 1 aromatic carbocycles. The van der Waals surface area contributed by atoms with Gasteiger partial charge in [0.25, 0.3) is 0 Å². The molecule has 0 aliphatic heterocycles. The number of nitrogens with zero attached hydrogens (tertiary/aromatic N) is 2. The Morgan fingerprint density at radius 1 is 1.17 bits per heavy atom. The highest BCUT2D eigenvalue weighted by Crippen LogP contribution is 2.26. The Morgan fingerprint density at radius 3 is 2.61 bits per heavy atom. The maximum Gasteiger partial charge on any atom is 0.148 e. The Balaban J connectivity index is 2.37. The van der Waals surface area contributed by atoms with Crippen LogP contribution in [0.2, 0.25) is 5.02 Å². The minimum atomic E-state index is 0.590. The Kier molecular flexibility index (Phi) is 3.64. The van der Waals surface area contributed by atoms with Crippen LogP contribution in [0.15, 0.2) is 24.5 Å². The third-order valence-electron chi connectivity index (χ3n) is 2.67. The third-order valence-corrected chi connectivity index (χ3v) is 2.91. The van der Waals surface area contributed by atoms with E-state index in [4.69, 9.17) is 17.4 Å². The molecule has 1 heterocycles. The van der Waals surface area contributed by atoms with Crippen molar-refractivity contribution in [1.82, 2.24) is 9.97 Å². The van der Waals surface area contributed by atoms with E-state index in [0.29, 0.717) is 16.7 Å². The lowest BCUT2D eigenvalue weighted by Crippen LogP contribution is -2.11. The van der Waals surface area contributed by atoms with Gasteiger partial charge in [-0.2, -0.15) is 0 Å². The zero-order valence-corrected chi connectivity index (χ0v) is 10.9. The molecule has 0 atom stereocenters. The first-order chi connectivity index (χ1) is 8.61. The summed E-state index contributed by atoms with van der Waals surface area (Å²) in [5.74, 6) is 6.67. The van der Waals surface area contributed by atoms with Gasteiger partial charge in [0.15, 0.2) is 0 Å². The fourth-order valence-corrected chi connectivity index (χ4v) is 1.75. The average molecular weight is 264 g/mol. The molecule has 0 amide bonds. The van der Waals surface area contributed by atoms with Crippen LogP contribution >= 0.6 is 11.6 Å². The lowest BCUT2D eigenvalue weighted by molar-refractivity contribution is 1.10. The number of rotatable bonds is 3. The van der Waals surface area contributed by atoms with Crippen molar-refractivity contribution in [3.8, 4) is 0 Å². The largest absolute Gasteiger partial charge is 0.340 e. The molecule has 5 nitrogen and oxygen atoms in total. The van der Waals surface area contributed by atoms with Crippen molar-refractivity contribution < 1.29 is 0 Å². The summed E-state index contributed by atoms with van der Waals surface area (Å²) in [7, 11) is 0. The van der Waals surface area contributed by atoms with E-state index in [1.54, 1.807) is 0 Å². The number of hydrogen-bond donors (Lipinski definition) is 3. The van der Waals surface area contributed by atoms with Crippen molar-refractivity contribution >= 4 is 28.9 Å². The molecule has 1 aromatic heterocycles. The summed E-state index contributed by atoms with van der Waals surface area (Å²) < 4.78 is 0. The summed E-state index contributed by atoms with van der Waals surface area (Å²) in [5, 5.41) is 3.90. The molecular formula is C12H14ClN5. The minimum absolute atomic E-state index is 0.590. The second-order valence-corrected chi connectivity index (χ2v) is 4.36. The molecule has 2 aromatic rings. The second-order valence-electron chi connectivity index (χ2n) is 3.92. The van der Waals surface area contributed by atoms with E-state index in [1.165, 1.54) is 6.33 Å². The quantitative estimate of drug-likeness (QED) is 0.586. The van der Waals surface area contributed by atoms with Crippen molar-refractivity contribution in [2.75, 3.05) is 10.7 Å². The van der Waals surface area contributed by atoms with Crippen LogP contribution in [0.5, 0.6) is 0 Å². The van der Waals surface area contributed by atoms with E-state index < -0.39 is 0 Å². The number of aryl methyl sites for hydroxylation is 1. The molecule has 0 fully saturated rings. The van der Waals surface area contributed by atoms with Crippen LogP contribution in [0.25, 0.3) is 0 Å². The number of nitrogens with one attached hydrogen (secondary N) is 2. The van der Waals surface area contributed by atoms with Crippen LogP contribution in [-0.4, -0.2) is 9.97 Å². The summed E-state index contributed by atoms with van der Waals surface area (Å²) in [5.41, 5.74) is 5.37. The topological polar surface area (TPSA) is 75.9 Å². The van der Waals surface area contributed by atoms with Gasteiger partial charge in [0.2, 0.25) is 0 Å². The zero-order chi connectivity index (χ0) is 13.1. The molecule has 18 heavy (non-hydrogen) atoms. The standard InChI is InChI=1S/C12H14ClN5/c1-7-3-4-9(13)5-10(7)17-11-8(2)12(18-14)16-6-15-11/h3-6H,14H2,1-2H3,(H2,15,16,17,18). The normalized spacial score (nSPS) is 10.2. The fraction of sp³-hybridized carbons (Fsp3) is 0.167. The van der Waals surface area contributed by atoms with Crippen LogP contribution in [0.1, 0.15) is 11.1 Å². The Bertz CT molecular complexity index is 570. The van der Waals surface area contributed by atoms with Gasteiger partial charge >= 0.3 is 0 Å². The van der Waals surface area contributed by atoms with Crippen LogP contribution in [0, 0.1) is 13.8 Å². The molecule has 0 bridgehead atoms. The SMILES string of the molecule is Cc1ccc(Cl)cc1Nc1ncnc(NN)c1C. The predicted molar refractivity (Wildman–Crippen MR) is 74.1 cm³/mol. The van der Waals surface area contributed by atoms with E-state index >= 15 is 0 Å². The van der Waals surface area contributed by atoms with Crippen molar-refractivity contribution in [2.24, 2.45) is 5.84 Å². The Hall–Kier alpha value is -1.85. The van der Waals surface area contributed by atoms with Gasteiger partial charge in [-0.1, -0.05) is 17.7 Å². The molecule has 2 rings (SSSR count). The highest BCUT2D eigenvalue weighted by Gasteiger charge is 2.07. The van der Waals surface area contributed by atoms with Crippen LogP contribution < -0.4 is 16.6 Å². The molecule has 0 radical (unpaired) electrons. The molecule has 0 saturated carbocycles. The fourth-order valence-electron chi connectivity index (χ4n) is 1.58. The number of anilines is 3. The van der Waals surface area contributed by atoms with E-state index in [-0.39, 0.29) is 0 Å². The monoisotopic (exact) mass is 263 g/mol. The molecule has 94 valence electrons. The Morgan fingerprint density at radius 2 is 1.89 bits per heavy atom. The second kappa shape index (κ2) is 5.20. The number of hydrogen-bond acceptors (Lipinski definition) is 5. The first-order valence-electron chi connectivity index (χ1n) is 5.43. The van der Waals surface area contributed by atoms with Crippen molar-refractivity contribution in [1.29, 1.82) is 0 Å². The highest BCUT2D eigenvalue weighted by atomic mass is 35.5. The van der Waals surface area contributed by atoms with Crippen molar-refractivity contribution in [3.05, 3.63) is 40.7 Å². The first kappa shape index (κ1) is 12.6. The predicted octanol–water partition coefficient (Wildman–Crippen LogP) is 2.78. The van der Waals surface area contributed by atoms with Gasteiger partial charge in [-0.25, -0.2) is 15.8 Å². The van der Waals surface area contributed by atoms with Gasteiger partial charge in [0, 0.05) is 16.3 Å². The summed E-state index contributed by atoms with van der Waals surface area (Å²) in [6.07, 6.45) is 1.45. The van der Waals surface area contributed by atoms with Gasteiger partial charge in [-0.3, -0.25) is 0 Å². The summed E-state index contributed by atoms with van der Waals surface area (Å²) in [6.45, 7) is 3.88. The number of nitrogen functional groups attached to an aromatic ring is 1. The van der Waals surface area contributed by atoms with Crippen molar-refractivity contribution in [3.63, 3.8) is 0 Å². The molecule has 0 aliphatic carbocycles. The van der Waals surface area contributed by atoms with Crippen LogP contribution in [-0.2, 0) is 0 Å². The molecular weight excluding hydrogens is 250 g/mol. The molecule has 6 heteroatoms. The number of hydrazine groups is 1. The average Bonchev–Trinajstić information content (AvgIpc) is 2.36. The van der Waals surface area contributed by atoms with E-state index in [2.05, 4.69) is 20.7 Å². The summed E-state index contributed by atoms with van der Waals surface area (Å²) in [4.78, 5) is 8.22. The first-order valence-corrected chi connectivity index (χ1v) is 5.81. The zero-order valence-electron chi connectivity index (χ0n) is 10.2. The summed E-state index contributed by atoms with van der Waals surface area (Å²) in [6, 6.07) is 5.65. The maximum absolute atomic E-state index is 5.98. The van der Waals surface area contributed by atoms with Crippen LogP contribution in [0.4, 0.5) is 17.3 Å². The number of benzene rings is 1. The highest BCUT2D eigenvalue weighted by molar-refractivity contribution is 6.30. The molecule has 0 spiro atoms. The van der Waals surface area contributed by atoms with Gasteiger partial charge in [0.1, 0.15) is 18.0 Å². The minimum Gasteiger partial charge on any atom is -0.340 e. The lowest BCUT2D eigenvalue weighted by Gasteiger charge is -2.12. The maximum atomic E-state index is 5.98. The molecule has 0 unspecified atom stereocenters. The van der Waals surface area contributed by atoms with Gasteiger partial charge < -0.3 is 10.7 Å². The smallest absolute Gasteiger partial charge is 0.148 e. The Labute approximate surface area is 110 Å². The molecule has 4 N–H and O–H groups in total.